The fourth-order valence-corrected chi connectivity index (χ4v) is 3.07. The van der Waals surface area contributed by atoms with Crippen LogP contribution in [0.1, 0.15) is 23.2 Å². The highest BCUT2D eigenvalue weighted by Gasteiger charge is 2.33. The Morgan fingerprint density at radius 3 is 2.64 bits per heavy atom. The number of aromatic nitrogens is 1. The molecule has 1 aliphatic rings. The number of carbonyl (C=O) groups is 1. The van der Waals surface area contributed by atoms with Crippen LogP contribution in [0.2, 0.25) is 0 Å². The Hall–Kier alpha value is -2.02. The van der Waals surface area contributed by atoms with Crippen molar-refractivity contribution in [2.24, 2.45) is 5.73 Å². The number of carbonyl (C=O) groups excluding carboxylic acids is 1. The number of hydrogen-bond acceptors (Lipinski definition) is 2. The number of amides is 1. The number of nitrogens with two attached hydrogens (primary N) is 1. The van der Waals surface area contributed by atoms with Gasteiger partial charge in [-0.05, 0) is 43.0 Å². The summed E-state index contributed by atoms with van der Waals surface area (Å²) < 4.78 is 40.0. The second-order valence-electron chi connectivity index (χ2n) is 5.41. The standard InChI is InChI=1S/C15H14F3N2O2/c16-15(17,18)9-2-4-13-11(6-9)10-5-8(7-21)1-3-12(10)20(13)14(19)22/h2,4,6,21H,1,3,5,7H2,(H2,19,22). The molecule has 1 aromatic heterocycles. The van der Waals surface area contributed by atoms with Gasteiger partial charge in [0.1, 0.15) is 0 Å². The summed E-state index contributed by atoms with van der Waals surface area (Å²) in [5.41, 5.74) is 6.29. The smallest absolute Gasteiger partial charge is 0.396 e. The van der Waals surface area contributed by atoms with Crippen LogP contribution in [0.5, 0.6) is 0 Å². The lowest BCUT2D eigenvalue weighted by molar-refractivity contribution is -0.137. The molecule has 2 aromatic rings. The molecule has 0 bridgehead atoms. The highest BCUT2D eigenvalue weighted by Crippen LogP contribution is 2.38. The Bertz CT molecular complexity index is 749. The number of primary amides is 1. The van der Waals surface area contributed by atoms with Crippen molar-refractivity contribution in [2.75, 3.05) is 6.61 Å². The predicted molar refractivity (Wildman–Crippen MR) is 74.3 cm³/mol. The number of hydrogen-bond donors (Lipinski definition) is 2. The van der Waals surface area contributed by atoms with E-state index in [1.807, 2.05) is 0 Å². The van der Waals surface area contributed by atoms with E-state index in [1.54, 1.807) is 0 Å². The first-order valence-corrected chi connectivity index (χ1v) is 6.80. The first-order valence-electron chi connectivity index (χ1n) is 6.80. The highest BCUT2D eigenvalue weighted by atomic mass is 19.4. The molecule has 22 heavy (non-hydrogen) atoms. The second-order valence-corrected chi connectivity index (χ2v) is 5.41. The van der Waals surface area contributed by atoms with Gasteiger partial charge in [0.15, 0.2) is 0 Å². The highest BCUT2D eigenvalue weighted by molar-refractivity contribution is 5.95. The minimum Gasteiger partial charge on any atom is -0.396 e. The maximum absolute atomic E-state index is 12.9. The van der Waals surface area contributed by atoms with Crippen molar-refractivity contribution in [1.29, 1.82) is 0 Å². The van der Waals surface area contributed by atoms with Crippen LogP contribution in [0.3, 0.4) is 0 Å². The Balaban J connectivity index is 2.27. The van der Waals surface area contributed by atoms with Crippen molar-refractivity contribution < 1.29 is 23.1 Å². The summed E-state index contributed by atoms with van der Waals surface area (Å²) in [4.78, 5) is 11.7. The van der Waals surface area contributed by atoms with Gasteiger partial charge in [0.25, 0.3) is 0 Å². The van der Waals surface area contributed by atoms with Crippen LogP contribution in [0, 0.1) is 5.92 Å². The number of halogens is 3. The van der Waals surface area contributed by atoms with Gasteiger partial charge in [-0.15, -0.1) is 0 Å². The van der Waals surface area contributed by atoms with E-state index in [0.717, 1.165) is 18.1 Å². The molecular weight excluding hydrogens is 297 g/mol. The zero-order valence-electron chi connectivity index (χ0n) is 11.6. The Kier molecular flexibility index (Phi) is 3.40. The molecule has 117 valence electrons. The van der Waals surface area contributed by atoms with E-state index in [4.69, 9.17) is 5.73 Å². The maximum atomic E-state index is 12.9. The van der Waals surface area contributed by atoms with Gasteiger partial charge in [0.2, 0.25) is 0 Å². The summed E-state index contributed by atoms with van der Waals surface area (Å²) in [6.45, 7) is -0.109. The molecule has 1 heterocycles. The average molecular weight is 311 g/mol. The summed E-state index contributed by atoms with van der Waals surface area (Å²) in [5.74, 6) is 0.841. The van der Waals surface area contributed by atoms with Crippen molar-refractivity contribution in [3.63, 3.8) is 0 Å². The molecule has 1 amide bonds. The van der Waals surface area contributed by atoms with Crippen molar-refractivity contribution in [3.05, 3.63) is 40.9 Å². The molecular formula is C15H14F3N2O2. The van der Waals surface area contributed by atoms with Gasteiger partial charge in [0, 0.05) is 23.6 Å². The van der Waals surface area contributed by atoms with Gasteiger partial charge < -0.3 is 10.8 Å². The summed E-state index contributed by atoms with van der Waals surface area (Å²) in [6.07, 6.45) is -3.01. The lowest BCUT2D eigenvalue weighted by Gasteiger charge is -2.21. The number of fused-ring (bicyclic) bond motifs is 3. The summed E-state index contributed by atoms with van der Waals surface area (Å²) in [6, 6.07) is 2.57. The minimum atomic E-state index is -4.45. The molecule has 1 radical (unpaired) electrons. The number of alkyl halides is 3. The topological polar surface area (TPSA) is 68.2 Å². The van der Waals surface area contributed by atoms with Gasteiger partial charge in [-0.1, -0.05) is 0 Å². The van der Waals surface area contributed by atoms with Gasteiger partial charge in [0.05, 0.1) is 11.1 Å². The van der Waals surface area contributed by atoms with Crippen molar-refractivity contribution in [2.45, 2.75) is 25.4 Å². The summed E-state index contributed by atoms with van der Waals surface area (Å²) >= 11 is 0. The fraction of sp³-hybridized carbons (Fsp3) is 0.333. The van der Waals surface area contributed by atoms with Crippen LogP contribution in [0.15, 0.2) is 18.2 Å². The number of aliphatic hydroxyl groups excluding tert-OH is 1. The number of benzene rings is 1. The lowest BCUT2D eigenvalue weighted by Crippen LogP contribution is -2.24. The maximum Gasteiger partial charge on any atom is 0.416 e. The SMILES string of the molecule is NC(=O)n1c2c(c3cc(C(F)(F)F)ccc31)C[C](CO)CC2. The van der Waals surface area contributed by atoms with E-state index < -0.39 is 17.8 Å². The molecule has 3 N–H and O–H groups in total. The molecule has 0 saturated carbocycles. The molecule has 0 fully saturated rings. The molecule has 0 unspecified atom stereocenters. The third-order valence-corrected chi connectivity index (χ3v) is 4.09. The Morgan fingerprint density at radius 1 is 1.32 bits per heavy atom. The Morgan fingerprint density at radius 2 is 2.05 bits per heavy atom. The van der Waals surface area contributed by atoms with Crippen molar-refractivity contribution in [1.82, 2.24) is 4.57 Å². The third kappa shape index (κ3) is 2.25. The molecule has 1 aliphatic carbocycles. The minimum absolute atomic E-state index is 0.109. The van der Waals surface area contributed by atoms with E-state index in [1.165, 1.54) is 10.6 Å². The molecule has 0 saturated heterocycles. The van der Waals surface area contributed by atoms with Crippen LogP contribution in [0.4, 0.5) is 18.0 Å². The van der Waals surface area contributed by atoms with Crippen LogP contribution in [-0.2, 0) is 19.0 Å². The van der Waals surface area contributed by atoms with Crippen LogP contribution >= 0.6 is 0 Å². The molecule has 4 nitrogen and oxygen atoms in total. The third-order valence-electron chi connectivity index (χ3n) is 4.09. The van der Waals surface area contributed by atoms with Gasteiger partial charge in [-0.2, -0.15) is 13.2 Å². The molecule has 0 aliphatic heterocycles. The van der Waals surface area contributed by atoms with E-state index in [2.05, 4.69) is 0 Å². The predicted octanol–water partition coefficient (Wildman–Crippen LogP) is 2.64. The normalized spacial score (nSPS) is 16.0. The zero-order chi connectivity index (χ0) is 16.1. The van der Waals surface area contributed by atoms with E-state index in [-0.39, 0.29) is 6.61 Å². The van der Waals surface area contributed by atoms with Gasteiger partial charge in [-0.25, -0.2) is 4.79 Å². The number of rotatable bonds is 1. The van der Waals surface area contributed by atoms with Crippen molar-refractivity contribution in [3.8, 4) is 0 Å². The Labute approximate surface area is 124 Å². The monoisotopic (exact) mass is 311 g/mol. The quantitative estimate of drug-likeness (QED) is 0.850. The molecule has 0 spiro atoms. The van der Waals surface area contributed by atoms with Crippen LogP contribution < -0.4 is 5.73 Å². The molecule has 7 heteroatoms. The number of aliphatic hydroxyl groups is 1. The largest absolute Gasteiger partial charge is 0.416 e. The molecule has 3 rings (SSSR count). The number of nitrogens with zero attached hydrogens (tertiary/aromatic N) is 1. The van der Waals surface area contributed by atoms with Gasteiger partial charge >= 0.3 is 12.2 Å². The lowest BCUT2D eigenvalue weighted by atomic mass is 9.86. The average Bonchev–Trinajstić information content (AvgIpc) is 2.79. The van der Waals surface area contributed by atoms with E-state index >= 15 is 0 Å². The van der Waals surface area contributed by atoms with Crippen molar-refractivity contribution >= 4 is 16.9 Å². The fourth-order valence-electron chi connectivity index (χ4n) is 3.07. The van der Waals surface area contributed by atoms with Crippen LogP contribution in [0.25, 0.3) is 10.9 Å². The second kappa shape index (κ2) is 5.01. The van der Waals surface area contributed by atoms with Crippen LogP contribution in [-0.4, -0.2) is 22.3 Å². The van der Waals surface area contributed by atoms with E-state index in [0.29, 0.717) is 41.4 Å². The van der Waals surface area contributed by atoms with Gasteiger partial charge in [-0.3, -0.25) is 4.57 Å². The molecule has 1 aromatic carbocycles. The first kappa shape index (κ1) is 14.9. The summed E-state index contributed by atoms with van der Waals surface area (Å²) in [7, 11) is 0. The zero-order valence-corrected chi connectivity index (χ0v) is 11.6. The first-order chi connectivity index (χ1) is 10.3. The summed E-state index contributed by atoms with van der Waals surface area (Å²) in [5, 5.41) is 9.64. The van der Waals surface area contributed by atoms with E-state index in [9.17, 15) is 23.1 Å². The molecule has 0 atom stereocenters.